The Kier molecular flexibility index (Phi) is 10.3. The van der Waals surface area contributed by atoms with Gasteiger partial charge in [0.1, 0.15) is 11.5 Å². The number of methoxy groups -OCH3 is 2. The number of halogens is 1. The standard InChI is InChI=1S/C29H32N4O5.C8H5FN2O2/c1-29(2,17-30-26(34)18-7-13-22-23(15-18)33(4)28(36)32(22)3)20-9-11-21(12-10-20)31-27(35)19-8-14-24(37-5)25(16-19)38-6;9-5-1-2-7-10-3-6(8(12)13)11(7)4-5/h7-16H,17H2,1-6H3,(H,30,34)(H,31,35);1-4H,(H,12,13). The molecule has 0 atom stereocenters. The molecule has 14 heteroatoms. The predicted molar refractivity (Wildman–Crippen MR) is 190 cm³/mol. The maximum absolute atomic E-state index is 12.9. The fourth-order valence-electron chi connectivity index (χ4n) is 5.45. The quantitative estimate of drug-likeness (QED) is 0.190. The number of anilines is 1. The Morgan fingerprint density at radius 1 is 0.843 bits per heavy atom. The Morgan fingerprint density at radius 3 is 2.16 bits per heavy atom. The largest absolute Gasteiger partial charge is 0.493 e. The first-order valence-electron chi connectivity index (χ1n) is 15.7. The number of carbonyl (C=O) groups is 3. The van der Waals surface area contributed by atoms with E-state index in [0.717, 1.165) is 17.3 Å². The van der Waals surface area contributed by atoms with Crippen LogP contribution in [0.1, 0.15) is 50.6 Å². The van der Waals surface area contributed by atoms with Crippen LogP contribution in [0.4, 0.5) is 10.1 Å². The number of nitrogens with zero attached hydrogens (tertiary/aromatic N) is 4. The van der Waals surface area contributed by atoms with Crippen molar-refractivity contribution in [2.24, 2.45) is 14.1 Å². The zero-order valence-corrected chi connectivity index (χ0v) is 28.9. The van der Waals surface area contributed by atoms with E-state index < -0.39 is 11.8 Å². The average molecular weight is 697 g/mol. The third-order valence-electron chi connectivity index (χ3n) is 8.48. The van der Waals surface area contributed by atoms with Gasteiger partial charge in [-0.15, -0.1) is 0 Å². The number of imidazole rings is 2. The van der Waals surface area contributed by atoms with Crippen molar-refractivity contribution < 1.29 is 33.4 Å². The lowest BCUT2D eigenvalue weighted by Crippen LogP contribution is -2.36. The molecular weight excluding hydrogens is 659 g/mol. The van der Waals surface area contributed by atoms with Crippen LogP contribution in [0.3, 0.4) is 0 Å². The molecule has 0 saturated carbocycles. The number of ether oxygens (including phenoxy) is 2. The normalized spacial score (nSPS) is 11.1. The molecule has 51 heavy (non-hydrogen) atoms. The summed E-state index contributed by atoms with van der Waals surface area (Å²) in [5, 5.41) is 14.6. The van der Waals surface area contributed by atoms with E-state index in [4.69, 9.17) is 14.6 Å². The van der Waals surface area contributed by atoms with Crippen LogP contribution in [0.15, 0.2) is 90.0 Å². The lowest BCUT2D eigenvalue weighted by Gasteiger charge is -2.26. The van der Waals surface area contributed by atoms with Crippen molar-refractivity contribution in [1.29, 1.82) is 0 Å². The van der Waals surface area contributed by atoms with Gasteiger partial charge in [0.2, 0.25) is 0 Å². The number of carboxylic acids is 1. The van der Waals surface area contributed by atoms with Crippen LogP contribution in [-0.4, -0.2) is 62.2 Å². The summed E-state index contributed by atoms with van der Waals surface area (Å²) >= 11 is 0. The number of hydrogen-bond donors (Lipinski definition) is 3. The maximum Gasteiger partial charge on any atom is 0.354 e. The molecule has 0 aliphatic heterocycles. The number of aromatic nitrogens is 4. The molecule has 264 valence electrons. The van der Waals surface area contributed by atoms with Crippen LogP contribution >= 0.6 is 0 Å². The number of benzene rings is 3. The molecule has 0 saturated heterocycles. The second-order valence-electron chi connectivity index (χ2n) is 12.3. The van der Waals surface area contributed by atoms with Crippen LogP contribution < -0.4 is 25.8 Å². The van der Waals surface area contributed by atoms with E-state index in [0.29, 0.717) is 46.0 Å². The second-order valence-corrected chi connectivity index (χ2v) is 12.3. The molecule has 3 aromatic carbocycles. The van der Waals surface area contributed by atoms with Crippen molar-refractivity contribution in [2.45, 2.75) is 19.3 Å². The molecule has 0 bridgehead atoms. The van der Waals surface area contributed by atoms with Gasteiger partial charge in [0.05, 0.1) is 31.4 Å². The van der Waals surface area contributed by atoms with Gasteiger partial charge in [-0.05, 0) is 66.2 Å². The monoisotopic (exact) mass is 696 g/mol. The van der Waals surface area contributed by atoms with Gasteiger partial charge in [0.15, 0.2) is 17.2 Å². The average Bonchev–Trinajstić information content (AvgIpc) is 3.64. The zero-order valence-electron chi connectivity index (χ0n) is 28.9. The molecule has 0 radical (unpaired) electrons. The first-order valence-corrected chi connectivity index (χ1v) is 15.7. The van der Waals surface area contributed by atoms with Gasteiger partial charge in [-0.1, -0.05) is 26.0 Å². The number of aryl methyl sites for hydroxylation is 2. The van der Waals surface area contributed by atoms with Gasteiger partial charge in [-0.3, -0.25) is 23.1 Å². The van der Waals surface area contributed by atoms with E-state index in [-0.39, 0.29) is 28.6 Å². The first-order chi connectivity index (χ1) is 24.2. The number of aromatic carboxylic acids is 1. The Labute approximate surface area is 291 Å². The molecule has 13 nitrogen and oxygen atoms in total. The number of nitrogens with one attached hydrogen (secondary N) is 2. The molecule has 3 N–H and O–H groups in total. The Bertz CT molecular complexity index is 2320. The minimum atomic E-state index is -1.13. The smallest absolute Gasteiger partial charge is 0.354 e. The highest BCUT2D eigenvalue weighted by molar-refractivity contribution is 6.04. The van der Waals surface area contributed by atoms with Crippen molar-refractivity contribution in [3.63, 3.8) is 0 Å². The van der Waals surface area contributed by atoms with Crippen molar-refractivity contribution in [1.82, 2.24) is 23.8 Å². The number of fused-ring (bicyclic) bond motifs is 2. The molecule has 0 spiro atoms. The molecule has 3 aromatic heterocycles. The summed E-state index contributed by atoms with van der Waals surface area (Å²) in [6.07, 6.45) is 2.28. The van der Waals surface area contributed by atoms with E-state index in [1.54, 1.807) is 62.2 Å². The lowest BCUT2D eigenvalue weighted by atomic mass is 9.84. The van der Waals surface area contributed by atoms with Crippen LogP contribution in [0.2, 0.25) is 0 Å². The molecule has 3 heterocycles. The fraction of sp³-hybridized carbons (Fsp3) is 0.216. The number of carbonyl (C=O) groups excluding carboxylic acids is 2. The third-order valence-corrected chi connectivity index (χ3v) is 8.48. The number of pyridine rings is 1. The van der Waals surface area contributed by atoms with Gasteiger partial charge in [0.25, 0.3) is 11.8 Å². The van der Waals surface area contributed by atoms with Crippen molar-refractivity contribution in [2.75, 3.05) is 26.1 Å². The maximum atomic E-state index is 12.9. The highest BCUT2D eigenvalue weighted by atomic mass is 19.1. The molecule has 6 rings (SSSR count). The molecule has 2 amide bonds. The Hall–Kier alpha value is -6.44. The van der Waals surface area contributed by atoms with E-state index in [9.17, 15) is 23.6 Å². The molecule has 0 aliphatic carbocycles. The van der Waals surface area contributed by atoms with Gasteiger partial charge in [0, 0.05) is 49.1 Å². The van der Waals surface area contributed by atoms with Crippen LogP contribution in [0.5, 0.6) is 11.5 Å². The third kappa shape index (κ3) is 7.59. The SMILES string of the molecule is COc1ccc(C(=O)Nc2ccc(C(C)(C)CNC(=O)c3ccc4c(c3)n(C)c(=O)n4C)cc2)cc1OC.O=C(O)c1cnc2ccc(F)cn12. The summed E-state index contributed by atoms with van der Waals surface area (Å²) < 4.78 is 27.5. The molecule has 0 aliphatic rings. The summed E-state index contributed by atoms with van der Waals surface area (Å²) in [4.78, 5) is 52.2. The number of carboxylic acid groups (broad SMARTS) is 1. The first kappa shape index (κ1) is 35.9. The van der Waals surface area contributed by atoms with Crippen LogP contribution in [0, 0.1) is 5.82 Å². The summed E-state index contributed by atoms with van der Waals surface area (Å²) in [7, 11) is 6.46. The fourth-order valence-corrected chi connectivity index (χ4v) is 5.45. The number of rotatable bonds is 9. The summed E-state index contributed by atoms with van der Waals surface area (Å²) in [5.74, 6) is -1.07. The van der Waals surface area contributed by atoms with Gasteiger partial charge in [-0.25, -0.2) is 19.0 Å². The highest BCUT2D eigenvalue weighted by Crippen LogP contribution is 2.28. The molecule has 0 fully saturated rings. The van der Waals surface area contributed by atoms with E-state index in [1.165, 1.54) is 34.4 Å². The van der Waals surface area contributed by atoms with Crippen LogP contribution in [0.25, 0.3) is 16.7 Å². The Balaban J connectivity index is 0.000000323. The molecular formula is C37H37FN6O7. The topological polar surface area (TPSA) is 158 Å². The van der Waals surface area contributed by atoms with Gasteiger partial charge >= 0.3 is 11.7 Å². The van der Waals surface area contributed by atoms with Gasteiger partial charge < -0.3 is 25.2 Å². The van der Waals surface area contributed by atoms with Crippen molar-refractivity contribution in [3.8, 4) is 11.5 Å². The number of amides is 2. The number of hydrogen-bond acceptors (Lipinski definition) is 7. The summed E-state index contributed by atoms with van der Waals surface area (Å²) in [6, 6.07) is 20.4. The van der Waals surface area contributed by atoms with Gasteiger partial charge in [-0.2, -0.15) is 0 Å². The van der Waals surface area contributed by atoms with E-state index in [1.807, 2.05) is 38.1 Å². The van der Waals surface area contributed by atoms with Crippen molar-refractivity contribution in [3.05, 3.63) is 124 Å². The van der Waals surface area contributed by atoms with E-state index >= 15 is 0 Å². The molecule has 6 aromatic rings. The summed E-state index contributed by atoms with van der Waals surface area (Å²) in [5.41, 5.74) is 3.92. The zero-order chi connectivity index (χ0) is 37.0. The summed E-state index contributed by atoms with van der Waals surface area (Å²) in [6.45, 7) is 4.47. The minimum absolute atomic E-state index is 0.0468. The van der Waals surface area contributed by atoms with Crippen molar-refractivity contribution >= 4 is 40.2 Å². The highest BCUT2D eigenvalue weighted by Gasteiger charge is 2.23. The second kappa shape index (κ2) is 14.6. The van der Waals surface area contributed by atoms with Crippen LogP contribution in [-0.2, 0) is 19.5 Å². The minimum Gasteiger partial charge on any atom is -0.493 e. The van der Waals surface area contributed by atoms with E-state index in [2.05, 4.69) is 15.6 Å². The predicted octanol–water partition coefficient (Wildman–Crippen LogP) is 5.03. The Morgan fingerprint density at radius 2 is 1.49 bits per heavy atom. The molecule has 0 unspecified atom stereocenters. The lowest BCUT2D eigenvalue weighted by molar-refractivity contribution is 0.0688.